The fourth-order valence-corrected chi connectivity index (χ4v) is 2.74. The molecule has 1 aromatic heterocycles. The van der Waals surface area contributed by atoms with Crippen LogP contribution in [0.4, 0.5) is 0 Å². The van der Waals surface area contributed by atoms with E-state index in [-0.39, 0.29) is 19.1 Å². The summed E-state index contributed by atoms with van der Waals surface area (Å²) in [6, 6.07) is 15.7. The smallest absolute Gasteiger partial charge is 0.220 e. The van der Waals surface area contributed by atoms with E-state index in [4.69, 9.17) is 9.84 Å². The van der Waals surface area contributed by atoms with Crippen molar-refractivity contribution in [2.45, 2.75) is 19.4 Å². The Balaban J connectivity index is 1.51. The lowest BCUT2D eigenvalue weighted by molar-refractivity contribution is -0.121. The zero-order chi connectivity index (χ0) is 17.5. The number of aromatic nitrogens is 1. The maximum Gasteiger partial charge on any atom is 0.220 e. The summed E-state index contributed by atoms with van der Waals surface area (Å²) < 4.78 is 5.48. The molecule has 0 bridgehead atoms. The van der Waals surface area contributed by atoms with E-state index < -0.39 is 0 Å². The van der Waals surface area contributed by atoms with Crippen molar-refractivity contribution in [3.63, 3.8) is 0 Å². The zero-order valence-corrected chi connectivity index (χ0v) is 14.0. The van der Waals surface area contributed by atoms with E-state index in [0.717, 1.165) is 22.0 Å². The topological polar surface area (TPSA) is 74.4 Å². The number of carbonyl (C=O) groups excluding carboxylic acids is 1. The lowest BCUT2D eigenvalue weighted by Gasteiger charge is -2.11. The van der Waals surface area contributed by atoms with E-state index >= 15 is 0 Å². The number of aliphatic hydroxyl groups is 1. The van der Waals surface area contributed by atoms with E-state index in [9.17, 15) is 4.79 Å². The molecule has 25 heavy (non-hydrogen) atoms. The summed E-state index contributed by atoms with van der Waals surface area (Å²) in [5, 5.41) is 13.0. The number of aromatic amines is 1. The highest BCUT2D eigenvalue weighted by Gasteiger charge is 2.07. The van der Waals surface area contributed by atoms with Crippen molar-refractivity contribution in [3.8, 4) is 5.75 Å². The van der Waals surface area contributed by atoms with Crippen LogP contribution in [0.3, 0.4) is 0 Å². The Morgan fingerprint density at radius 1 is 1.16 bits per heavy atom. The summed E-state index contributed by atoms with van der Waals surface area (Å²) >= 11 is 0. The van der Waals surface area contributed by atoms with Crippen molar-refractivity contribution >= 4 is 16.8 Å². The second-order valence-electron chi connectivity index (χ2n) is 5.86. The molecule has 0 spiro atoms. The van der Waals surface area contributed by atoms with Crippen LogP contribution in [0.5, 0.6) is 5.75 Å². The molecule has 5 heteroatoms. The lowest BCUT2D eigenvalue weighted by atomic mass is 10.1. The van der Waals surface area contributed by atoms with Crippen LogP contribution in [0.15, 0.2) is 54.7 Å². The Morgan fingerprint density at radius 3 is 2.92 bits per heavy atom. The van der Waals surface area contributed by atoms with Gasteiger partial charge in [-0.3, -0.25) is 4.79 Å². The Hall–Kier alpha value is -2.79. The third-order valence-corrected chi connectivity index (χ3v) is 4.06. The van der Waals surface area contributed by atoms with Crippen LogP contribution in [0.2, 0.25) is 0 Å². The van der Waals surface area contributed by atoms with Gasteiger partial charge in [0.1, 0.15) is 12.4 Å². The molecular formula is C20H22N2O3. The van der Waals surface area contributed by atoms with E-state index in [2.05, 4.69) is 16.4 Å². The highest BCUT2D eigenvalue weighted by Crippen LogP contribution is 2.18. The molecular weight excluding hydrogens is 316 g/mol. The number of ether oxygens (including phenoxy) is 1. The van der Waals surface area contributed by atoms with Crippen molar-refractivity contribution < 1.29 is 14.6 Å². The van der Waals surface area contributed by atoms with Gasteiger partial charge in [-0.15, -0.1) is 0 Å². The Morgan fingerprint density at radius 2 is 2.04 bits per heavy atom. The summed E-state index contributed by atoms with van der Waals surface area (Å²) in [7, 11) is 0. The summed E-state index contributed by atoms with van der Waals surface area (Å²) in [5.41, 5.74) is 3.15. The number of aliphatic hydroxyl groups excluding tert-OH is 1. The maximum absolute atomic E-state index is 12.1. The van der Waals surface area contributed by atoms with Gasteiger partial charge >= 0.3 is 0 Å². The van der Waals surface area contributed by atoms with Crippen molar-refractivity contribution in [2.75, 3.05) is 13.2 Å². The molecule has 0 atom stereocenters. The molecule has 0 fully saturated rings. The van der Waals surface area contributed by atoms with E-state index in [0.29, 0.717) is 25.1 Å². The molecule has 0 aliphatic carbocycles. The van der Waals surface area contributed by atoms with Gasteiger partial charge in [-0.1, -0.05) is 24.3 Å². The molecule has 0 radical (unpaired) electrons. The summed E-state index contributed by atoms with van der Waals surface area (Å²) in [6.07, 6.45) is 3.06. The Bertz CT molecular complexity index is 842. The van der Waals surface area contributed by atoms with Gasteiger partial charge in [-0.25, -0.2) is 0 Å². The third kappa shape index (κ3) is 4.61. The van der Waals surface area contributed by atoms with Crippen LogP contribution in [-0.2, 0) is 17.8 Å². The summed E-state index contributed by atoms with van der Waals surface area (Å²) in [4.78, 5) is 15.3. The number of para-hydroxylation sites is 1. The molecule has 3 aromatic rings. The number of H-pyrrole nitrogens is 1. The average molecular weight is 338 g/mol. The van der Waals surface area contributed by atoms with Gasteiger partial charge in [0.05, 0.1) is 6.61 Å². The molecule has 1 amide bonds. The van der Waals surface area contributed by atoms with Gasteiger partial charge < -0.3 is 20.1 Å². The number of hydrogen-bond acceptors (Lipinski definition) is 3. The van der Waals surface area contributed by atoms with Crippen molar-refractivity contribution in [2.24, 2.45) is 0 Å². The minimum atomic E-state index is -0.0355. The second kappa shape index (κ2) is 8.35. The van der Waals surface area contributed by atoms with Crippen LogP contribution in [-0.4, -0.2) is 29.2 Å². The molecule has 3 rings (SSSR count). The predicted molar refractivity (Wildman–Crippen MR) is 97.5 cm³/mol. The molecule has 0 aliphatic heterocycles. The normalized spacial score (nSPS) is 10.8. The van der Waals surface area contributed by atoms with Gasteiger partial charge in [-0.05, 0) is 41.6 Å². The first kappa shape index (κ1) is 17.0. The van der Waals surface area contributed by atoms with Crippen molar-refractivity contribution in [3.05, 3.63) is 65.9 Å². The maximum atomic E-state index is 12.1. The van der Waals surface area contributed by atoms with Crippen LogP contribution >= 0.6 is 0 Å². The molecule has 0 unspecified atom stereocenters. The van der Waals surface area contributed by atoms with Crippen LogP contribution in [0, 0.1) is 0 Å². The van der Waals surface area contributed by atoms with Crippen molar-refractivity contribution in [1.29, 1.82) is 0 Å². The first-order chi connectivity index (χ1) is 12.3. The SMILES string of the molecule is O=C(CCc1ccc2[nH]ccc2c1)NCc1ccccc1OCCO. The Labute approximate surface area is 146 Å². The minimum Gasteiger partial charge on any atom is -0.491 e. The molecule has 2 aromatic carbocycles. The van der Waals surface area contributed by atoms with Gasteiger partial charge in [0.15, 0.2) is 0 Å². The summed E-state index contributed by atoms with van der Waals surface area (Å²) in [6.45, 7) is 0.621. The number of aryl methyl sites for hydroxylation is 1. The predicted octanol–water partition coefficient (Wildman–Crippen LogP) is 2.79. The molecule has 3 N–H and O–H groups in total. The number of hydrogen-bond donors (Lipinski definition) is 3. The molecule has 5 nitrogen and oxygen atoms in total. The monoisotopic (exact) mass is 338 g/mol. The fourth-order valence-electron chi connectivity index (χ4n) is 2.74. The first-order valence-electron chi connectivity index (χ1n) is 8.40. The number of nitrogens with one attached hydrogen (secondary N) is 2. The minimum absolute atomic E-state index is 0.00567. The van der Waals surface area contributed by atoms with E-state index in [1.165, 1.54) is 0 Å². The van der Waals surface area contributed by atoms with Crippen LogP contribution in [0.1, 0.15) is 17.5 Å². The molecule has 0 aliphatic rings. The third-order valence-electron chi connectivity index (χ3n) is 4.06. The molecule has 1 heterocycles. The number of benzene rings is 2. The van der Waals surface area contributed by atoms with Crippen molar-refractivity contribution in [1.82, 2.24) is 10.3 Å². The fraction of sp³-hybridized carbons (Fsp3) is 0.250. The van der Waals surface area contributed by atoms with E-state index in [1.54, 1.807) is 0 Å². The second-order valence-corrected chi connectivity index (χ2v) is 5.86. The molecule has 0 saturated carbocycles. The number of carbonyl (C=O) groups is 1. The van der Waals surface area contributed by atoms with Gasteiger partial charge in [0.25, 0.3) is 0 Å². The largest absolute Gasteiger partial charge is 0.491 e. The lowest BCUT2D eigenvalue weighted by Crippen LogP contribution is -2.23. The molecule has 130 valence electrons. The Kier molecular flexibility index (Phi) is 5.69. The average Bonchev–Trinajstić information content (AvgIpc) is 3.11. The van der Waals surface area contributed by atoms with Crippen LogP contribution < -0.4 is 10.1 Å². The van der Waals surface area contributed by atoms with Gasteiger partial charge in [0.2, 0.25) is 5.91 Å². The standard InChI is InChI=1S/C20H22N2O3/c23-11-12-25-19-4-2-1-3-17(19)14-22-20(24)8-6-15-5-7-18-16(13-15)9-10-21-18/h1-5,7,9-10,13,21,23H,6,8,11-12,14H2,(H,22,24). The highest BCUT2D eigenvalue weighted by atomic mass is 16.5. The first-order valence-corrected chi connectivity index (χ1v) is 8.40. The number of amides is 1. The molecule has 0 saturated heterocycles. The van der Waals surface area contributed by atoms with Gasteiger partial charge in [0, 0.05) is 30.2 Å². The quantitative estimate of drug-likeness (QED) is 0.591. The highest BCUT2D eigenvalue weighted by molar-refractivity contribution is 5.80. The van der Waals surface area contributed by atoms with E-state index in [1.807, 2.05) is 48.7 Å². The summed E-state index contributed by atoms with van der Waals surface area (Å²) in [5.74, 6) is 0.695. The zero-order valence-electron chi connectivity index (χ0n) is 14.0. The number of fused-ring (bicyclic) bond motifs is 1. The van der Waals surface area contributed by atoms with Gasteiger partial charge in [-0.2, -0.15) is 0 Å². The number of rotatable bonds is 8. The van der Waals surface area contributed by atoms with Crippen LogP contribution in [0.25, 0.3) is 10.9 Å².